The molecule has 1 aliphatic rings. The van der Waals surface area contributed by atoms with Crippen LogP contribution in [0, 0.1) is 0 Å². The Balaban J connectivity index is 2.24. The first kappa shape index (κ1) is 8.49. The zero-order valence-corrected chi connectivity index (χ0v) is 6.63. The van der Waals surface area contributed by atoms with Gasteiger partial charge in [0.2, 0.25) is 5.91 Å². The Morgan fingerprint density at radius 2 is 2.55 bits per heavy atom. The van der Waals surface area contributed by atoms with Gasteiger partial charge >= 0.3 is 0 Å². The zero-order valence-electron chi connectivity index (χ0n) is 6.63. The van der Waals surface area contributed by atoms with Gasteiger partial charge in [-0.3, -0.25) is 4.79 Å². The number of aliphatic hydroxyl groups excluding tert-OH is 1. The van der Waals surface area contributed by atoms with Gasteiger partial charge in [0.15, 0.2) is 0 Å². The molecule has 4 heteroatoms. The molecule has 1 rings (SSSR count). The average molecular weight is 158 g/mol. The monoisotopic (exact) mass is 158 g/mol. The van der Waals surface area contributed by atoms with Crippen LogP contribution in [-0.4, -0.2) is 36.2 Å². The summed E-state index contributed by atoms with van der Waals surface area (Å²) in [6.07, 6.45) is 0.829. The molecule has 0 aliphatic carbocycles. The SMILES string of the molecule is CC(=O)NC1CN[C@H](CO)C1. The van der Waals surface area contributed by atoms with Crippen LogP contribution in [0.25, 0.3) is 0 Å². The quantitative estimate of drug-likeness (QED) is 0.475. The third-order valence-electron chi connectivity index (χ3n) is 1.85. The Kier molecular flexibility index (Phi) is 2.84. The molecule has 0 aromatic rings. The Bertz CT molecular complexity index is 149. The highest BCUT2D eigenvalue weighted by Gasteiger charge is 2.23. The van der Waals surface area contributed by atoms with E-state index in [4.69, 9.17) is 5.11 Å². The van der Waals surface area contributed by atoms with Crippen molar-refractivity contribution in [1.29, 1.82) is 0 Å². The number of aliphatic hydroxyl groups is 1. The van der Waals surface area contributed by atoms with Crippen molar-refractivity contribution < 1.29 is 9.90 Å². The van der Waals surface area contributed by atoms with Crippen LogP contribution in [0.15, 0.2) is 0 Å². The molecule has 2 atom stereocenters. The van der Waals surface area contributed by atoms with E-state index in [1.54, 1.807) is 0 Å². The fraction of sp³-hybridized carbons (Fsp3) is 0.857. The predicted molar refractivity (Wildman–Crippen MR) is 41.1 cm³/mol. The number of nitrogens with one attached hydrogen (secondary N) is 2. The van der Waals surface area contributed by atoms with Crippen molar-refractivity contribution >= 4 is 5.91 Å². The van der Waals surface area contributed by atoms with Gasteiger partial charge in [-0.25, -0.2) is 0 Å². The summed E-state index contributed by atoms with van der Waals surface area (Å²) in [5, 5.41) is 14.6. The standard InChI is InChI=1S/C7H14N2O2/c1-5(11)9-6-2-7(4-10)8-3-6/h6-8,10H,2-4H2,1H3,(H,9,11)/t6?,7-/m0/s1. The smallest absolute Gasteiger partial charge is 0.217 e. The summed E-state index contributed by atoms with van der Waals surface area (Å²) in [4.78, 5) is 10.6. The van der Waals surface area contributed by atoms with Crippen LogP contribution in [0.2, 0.25) is 0 Å². The van der Waals surface area contributed by atoms with Crippen LogP contribution < -0.4 is 10.6 Å². The lowest BCUT2D eigenvalue weighted by Gasteiger charge is -2.08. The molecule has 1 fully saturated rings. The third kappa shape index (κ3) is 2.48. The molecule has 1 saturated heterocycles. The van der Waals surface area contributed by atoms with Crippen LogP contribution in [0.5, 0.6) is 0 Å². The summed E-state index contributed by atoms with van der Waals surface area (Å²) in [7, 11) is 0. The molecular weight excluding hydrogens is 144 g/mol. The van der Waals surface area contributed by atoms with Crippen LogP contribution in [0.3, 0.4) is 0 Å². The Hall–Kier alpha value is -0.610. The number of rotatable bonds is 2. The van der Waals surface area contributed by atoms with Gasteiger partial charge in [0.1, 0.15) is 0 Å². The molecule has 1 amide bonds. The first-order chi connectivity index (χ1) is 5.22. The van der Waals surface area contributed by atoms with Gasteiger partial charge in [0, 0.05) is 25.6 Å². The first-order valence-electron chi connectivity index (χ1n) is 3.83. The van der Waals surface area contributed by atoms with Crippen molar-refractivity contribution in [2.24, 2.45) is 0 Å². The molecule has 0 aromatic heterocycles. The summed E-state index contributed by atoms with van der Waals surface area (Å²) in [6.45, 7) is 2.42. The van der Waals surface area contributed by atoms with Crippen molar-refractivity contribution in [3.63, 3.8) is 0 Å². The van der Waals surface area contributed by atoms with E-state index >= 15 is 0 Å². The molecule has 4 nitrogen and oxygen atoms in total. The van der Waals surface area contributed by atoms with Gasteiger partial charge in [-0.1, -0.05) is 0 Å². The van der Waals surface area contributed by atoms with Gasteiger partial charge in [-0.2, -0.15) is 0 Å². The number of amides is 1. The predicted octanol–water partition coefficient (Wildman–Crippen LogP) is -1.15. The third-order valence-corrected chi connectivity index (χ3v) is 1.85. The molecule has 64 valence electrons. The number of hydrogen-bond acceptors (Lipinski definition) is 3. The molecule has 1 aliphatic heterocycles. The molecule has 0 radical (unpaired) electrons. The molecule has 1 heterocycles. The van der Waals surface area contributed by atoms with E-state index in [1.807, 2.05) is 0 Å². The van der Waals surface area contributed by atoms with E-state index in [2.05, 4.69) is 10.6 Å². The number of carbonyl (C=O) groups is 1. The lowest BCUT2D eigenvalue weighted by atomic mass is 10.2. The minimum atomic E-state index is -0.00427. The highest BCUT2D eigenvalue weighted by atomic mass is 16.3. The minimum Gasteiger partial charge on any atom is -0.395 e. The van der Waals surface area contributed by atoms with Crippen molar-refractivity contribution in [3.8, 4) is 0 Å². The second-order valence-corrected chi connectivity index (χ2v) is 2.92. The Morgan fingerprint density at radius 3 is 3.00 bits per heavy atom. The van der Waals surface area contributed by atoms with E-state index in [0.717, 1.165) is 13.0 Å². The summed E-state index contributed by atoms with van der Waals surface area (Å²) in [5.74, 6) is -0.00427. The highest BCUT2D eigenvalue weighted by Crippen LogP contribution is 2.04. The topological polar surface area (TPSA) is 61.4 Å². The van der Waals surface area contributed by atoms with Crippen LogP contribution in [0.4, 0.5) is 0 Å². The highest BCUT2D eigenvalue weighted by molar-refractivity contribution is 5.73. The van der Waals surface area contributed by atoms with E-state index in [1.165, 1.54) is 6.92 Å². The summed E-state index contributed by atoms with van der Waals surface area (Å²) in [6, 6.07) is 0.358. The molecular formula is C7H14N2O2. The van der Waals surface area contributed by atoms with E-state index in [0.29, 0.717) is 0 Å². The van der Waals surface area contributed by atoms with Crippen molar-refractivity contribution in [1.82, 2.24) is 10.6 Å². The van der Waals surface area contributed by atoms with Gasteiger partial charge in [0.25, 0.3) is 0 Å². The zero-order chi connectivity index (χ0) is 8.27. The fourth-order valence-corrected chi connectivity index (χ4v) is 1.36. The second-order valence-electron chi connectivity index (χ2n) is 2.92. The molecule has 0 aromatic carbocycles. The number of hydrogen-bond donors (Lipinski definition) is 3. The lowest BCUT2D eigenvalue weighted by Crippen LogP contribution is -2.34. The lowest BCUT2D eigenvalue weighted by molar-refractivity contribution is -0.119. The minimum absolute atomic E-state index is 0.00427. The van der Waals surface area contributed by atoms with Gasteiger partial charge in [-0.05, 0) is 6.42 Å². The summed E-state index contributed by atoms with van der Waals surface area (Å²) in [5.41, 5.74) is 0. The first-order valence-corrected chi connectivity index (χ1v) is 3.83. The van der Waals surface area contributed by atoms with Crippen LogP contribution in [0.1, 0.15) is 13.3 Å². The molecule has 11 heavy (non-hydrogen) atoms. The fourth-order valence-electron chi connectivity index (χ4n) is 1.36. The van der Waals surface area contributed by atoms with Crippen molar-refractivity contribution in [2.75, 3.05) is 13.2 Å². The Morgan fingerprint density at radius 1 is 1.82 bits per heavy atom. The summed E-state index contributed by atoms with van der Waals surface area (Å²) >= 11 is 0. The maximum Gasteiger partial charge on any atom is 0.217 e. The normalized spacial score (nSPS) is 30.4. The molecule has 3 N–H and O–H groups in total. The summed E-state index contributed by atoms with van der Waals surface area (Å²) < 4.78 is 0. The average Bonchev–Trinajstić information content (AvgIpc) is 2.34. The molecule has 0 spiro atoms. The maximum atomic E-state index is 10.6. The van der Waals surface area contributed by atoms with Gasteiger partial charge in [0.05, 0.1) is 6.61 Å². The van der Waals surface area contributed by atoms with Gasteiger partial charge in [-0.15, -0.1) is 0 Å². The van der Waals surface area contributed by atoms with E-state index < -0.39 is 0 Å². The van der Waals surface area contributed by atoms with Crippen LogP contribution in [-0.2, 0) is 4.79 Å². The van der Waals surface area contributed by atoms with E-state index in [9.17, 15) is 4.79 Å². The molecule has 1 unspecified atom stereocenters. The molecule has 0 bridgehead atoms. The number of carbonyl (C=O) groups excluding carboxylic acids is 1. The van der Waals surface area contributed by atoms with Crippen molar-refractivity contribution in [2.45, 2.75) is 25.4 Å². The molecule has 0 saturated carbocycles. The van der Waals surface area contributed by atoms with E-state index in [-0.39, 0.29) is 24.6 Å². The van der Waals surface area contributed by atoms with Gasteiger partial charge < -0.3 is 15.7 Å². The second kappa shape index (κ2) is 3.69. The van der Waals surface area contributed by atoms with Crippen LogP contribution >= 0.6 is 0 Å². The largest absolute Gasteiger partial charge is 0.395 e. The Labute approximate surface area is 66.0 Å². The van der Waals surface area contributed by atoms with Crippen molar-refractivity contribution in [3.05, 3.63) is 0 Å². The maximum absolute atomic E-state index is 10.6.